The molecule has 2 N–H and O–H groups in total. The second-order valence-corrected chi connectivity index (χ2v) is 9.43. The van der Waals surface area contributed by atoms with Crippen LogP contribution in [0.5, 0.6) is 0 Å². The van der Waals surface area contributed by atoms with Gasteiger partial charge in [-0.2, -0.15) is 4.98 Å². The lowest BCUT2D eigenvalue weighted by molar-refractivity contribution is 0.402. The molecule has 2 aromatic carbocycles. The number of nitrogens with one attached hydrogen (secondary N) is 2. The molecule has 0 saturated carbocycles. The second kappa shape index (κ2) is 9.04. The molecule has 1 aliphatic heterocycles. The molecule has 8 nitrogen and oxygen atoms in total. The molecule has 0 aliphatic carbocycles. The largest absolute Gasteiger partial charge is 0.324 e. The van der Waals surface area contributed by atoms with E-state index in [4.69, 9.17) is 4.98 Å². The van der Waals surface area contributed by atoms with Gasteiger partial charge in [-0.3, -0.25) is 4.79 Å². The molecule has 0 unspecified atom stereocenters. The Morgan fingerprint density at radius 2 is 2.00 bits per heavy atom. The minimum Gasteiger partial charge on any atom is -0.324 e. The van der Waals surface area contributed by atoms with E-state index >= 15 is 0 Å². The summed E-state index contributed by atoms with van der Waals surface area (Å²) in [4.78, 5) is 24.7. The van der Waals surface area contributed by atoms with Crippen molar-refractivity contribution in [3.8, 4) is 5.69 Å². The van der Waals surface area contributed by atoms with Gasteiger partial charge in [-0.05, 0) is 81.9 Å². The zero-order chi connectivity index (χ0) is 23.8. The van der Waals surface area contributed by atoms with Gasteiger partial charge in [-0.1, -0.05) is 18.2 Å². The third-order valence-electron chi connectivity index (χ3n) is 6.12. The Bertz CT molecular complexity index is 1400. The van der Waals surface area contributed by atoms with Crippen molar-refractivity contribution in [3.05, 3.63) is 75.7 Å². The first kappa shape index (κ1) is 22.3. The molecule has 34 heavy (non-hydrogen) atoms. The first-order chi connectivity index (χ1) is 16.4. The summed E-state index contributed by atoms with van der Waals surface area (Å²) in [5.74, 6) is 0.468. The fourth-order valence-electron chi connectivity index (χ4n) is 4.61. The molecule has 0 spiro atoms. The molecular weight excluding hydrogens is 426 g/mol. The van der Waals surface area contributed by atoms with E-state index in [9.17, 15) is 4.79 Å². The van der Waals surface area contributed by atoms with Crippen LogP contribution in [0.4, 0.5) is 11.6 Å². The van der Waals surface area contributed by atoms with Crippen LogP contribution in [0.15, 0.2) is 53.5 Å². The summed E-state index contributed by atoms with van der Waals surface area (Å²) in [5, 5.41) is 7.26. The van der Waals surface area contributed by atoms with Gasteiger partial charge in [0.2, 0.25) is 5.95 Å². The lowest BCUT2D eigenvalue weighted by Gasteiger charge is -2.18. The van der Waals surface area contributed by atoms with E-state index in [0.29, 0.717) is 17.0 Å². The quantitative estimate of drug-likeness (QED) is 0.460. The zero-order valence-electron chi connectivity index (χ0n) is 20.2. The predicted octanol–water partition coefficient (Wildman–Crippen LogP) is 3.61. The van der Waals surface area contributed by atoms with E-state index in [1.54, 1.807) is 10.9 Å². The Morgan fingerprint density at radius 3 is 2.79 bits per heavy atom. The molecule has 176 valence electrons. The van der Waals surface area contributed by atoms with Gasteiger partial charge in [-0.25, -0.2) is 14.3 Å². The Morgan fingerprint density at radius 1 is 1.15 bits per heavy atom. The van der Waals surface area contributed by atoms with Gasteiger partial charge < -0.3 is 15.5 Å². The molecule has 5 rings (SSSR count). The highest BCUT2D eigenvalue weighted by molar-refractivity contribution is 5.77. The highest BCUT2D eigenvalue weighted by Crippen LogP contribution is 2.24. The summed E-state index contributed by atoms with van der Waals surface area (Å²) < 4.78 is 3.67. The summed E-state index contributed by atoms with van der Waals surface area (Å²) >= 11 is 0. The number of fused-ring (bicyclic) bond motifs is 2. The molecule has 8 heteroatoms. The fraction of sp³-hybridized carbons (Fsp3) is 0.346. The van der Waals surface area contributed by atoms with Crippen LogP contribution >= 0.6 is 0 Å². The molecular formula is C26H31N7O. The molecule has 4 aromatic rings. The maximum Gasteiger partial charge on any atom is 0.278 e. The smallest absolute Gasteiger partial charge is 0.278 e. The van der Waals surface area contributed by atoms with Crippen LogP contribution in [0, 0.1) is 0 Å². The SMILES string of the molecule is CC(C)n1c(=O)c2cnc(Nc3ccc4c(c3)CNCC4)nc2n1-c1cccc(CN(C)C)c1. The predicted molar refractivity (Wildman–Crippen MR) is 136 cm³/mol. The van der Waals surface area contributed by atoms with E-state index in [0.717, 1.165) is 37.4 Å². The first-order valence-electron chi connectivity index (χ1n) is 11.7. The van der Waals surface area contributed by atoms with Gasteiger partial charge in [-0.15, -0.1) is 0 Å². The number of rotatable bonds is 6. The zero-order valence-corrected chi connectivity index (χ0v) is 20.2. The summed E-state index contributed by atoms with van der Waals surface area (Å²) in [6, 6.07) is 14.6. The standard InChI is InChI=1S/C26H31N7O/c1-17(2)32-25(34)23-15-28-26(29-21-9-8-19-10-11-27-14-20(19)13-21)30-24(23)33(32)22-7-5-6-18(12-22)16-31(3)4/h5-9,12-13,15,17,27H,10-11,14,16H2,1-4H3,(H,28,29,30). The van der Waals surface area contributed by atoms with Crippen molar-refractivity contribution in [2.45, 2.75) is 39.4 Å². The molecule has 1 aliphatic rings. The van der Waals surface area contributed by atoms with Gasteiger partial charge in [0.05, 0.1) is 5.69 Å². The van der Waals surface area contributed by atoms with Crippen LogP contribution < -0.4 is 16.2 Å². The van der Waals surface area contributed by atoms with Crippen molar-refractivity contribution in [2.24, 2.45) is 0 Å². The van der Waals surface area contributed by atoms with Crippen molar-refractivity contribution in [1.82, 2.24) is 29.5 Å². The van der Waals surface area contributed by atoms with E-state index in [2.05, 4.69) is 50.8 Å². The van der Waals surface area contributed by atoms with Crippen LogP contribution in [0.3, 0.4) is 0 Å². The van der Waals surface area contributed by atoms with Crippen molar-refractivity contribution in [3.63, 3.8) is 0 Å². The monoisotopic (exact) mass is 457 g/mol. The molecule has 0 bridgehead atoms. The van der Waals surface area contributed by atoms with Gasteiger partial charge in [0.1, 0.15) is 5.39 Å². The molecule has 0 fully saturated rings. The number of aromatic nitrogens is 4. The fourth-order valence-corrected chi connectivity index (χ4v) is 4.61. The molecule has 2 aromatic heterocycles. The lowest BCUT2D eigenvalue weighted by Crippen LogP contribution is -2.24. The third-order valence-corrected chi connectivity index (χ3v) is 6.12. The topological polar surface area (TPSA) is 80.0 Å². The summed E-state index contributed by atoms with van der Waals surface area (Å²) in [5.41, 5.74) is 6.19. The van der Waals surface area contributed by atoms with Crippen LogP contribution in [-0.2, 0) is 19.5 Å². The van der Waals surface area contributed by atoms with Crippen LogP contribution in [-0.4, -0.2) is 44.9 Å². The Labute approximate surface area is 199 Å². The second-order valence-electron chi connectivity index (χ2n) is 9.43. The minimum absolute atomic E-state index is 0.0382. The highest BCUT2D eigenvalue weighted by Gasteiger charge is 2.20. The van der Waals surface area contributed by atoms with Crippen molar-refractivity contribution < 1.29 is 0 Å². The number of hydrogen-bond donors (Lipinski definition) is 2. The molecule has 0 radical (unpaired) electrons. The van der Waals surface area contributed by atoms with Crippen molar-refractivity contribution in [1.29, 1.82) is 0 Å². The van der Waals surface area contributed by atoms with E-state index in [1.165, 1.54) is 16.7 Å². The third kappa shape index (κ3) is 4.22. The lowest BCUT2D eigenvalue weighted by atomic mass is 10.0. The van der Waals surface area contributed by atoms with Gasteiger partial charge in [0, 0.05) is 31.0 Å². The van der Waals surface area contributed by atoms with E-state index in [-0.39, 0.29) is 11.6 Å². The average molecular weight is 458 g/mol. The van der Waals surface area contributed by atoms with Gasteiger partial charge in [0.25, 0.3) is 5.56 Å². The summed E-state index contributed by atoms with van der Waals surface area (Å²) in [6.07, 6.45) is 2.67. The average Bonchev–Trinajstić information content (AvgIpc) is 3.11. The Kier molecular flexibility index (Phi) is 5.93. The number of nitrogens with zero attached hydrogens (tertiary/aromatic N) is 5. The van der Waals surface area contributed by atoms with E-state index in [1.807, 2.05) is 44.8 Å². The van der Waals surface area contributed by atoms with E-state index < -0.39 is 0 Å². The molecule has 3 heterocycles. The highest BCUT2D eigenvalue weighted by atomic mass is 16.1. The molecule has 0 amide bonds. The summed E-state index contributed by atoms with van der Waals surface area (Å²) in [7, 11) is 4.09. The maximum atomic E-state index is 13.3. The van der Waals surface area contributed by atoms with Crippen molar-refractivity contribution >= 4 is 22.7 Å². The van der Waals surface area contributed by atoms with Crippen LogP contribution in [0.1, 0.15) is 36.6 Å². The first-order valence-corrected chi connectivity index (χ1v) is 11.7. The van der Waals surface area contributed by atoms with Gasteiger partial charge in [0.15, 0.2) is 5.65 Å². The number of hydrogen-bond acceptors (Lipinski definition) is 6. The maximum absolute atomic E-state index is 13.3. The van der Waals surface area contributed by atoms with Crippen molar-refractivity contribution in [2.75, 3.05) is 26.0 Å². The van der Waals surface area contributed by atoms with Crippen LogP contribution in [0.2, 0.25) is 0 Å². The number of anilines is 2. The normalized spacial score (nSPS) is 13.6. The van der Waals surface area contributed by atoms with Crippen LogP contribution in [0.25, 0.3) is 16.7 Å². The Balaban J connectivity index is 1.60. The number of benzene rings is 2. The molecule has 0 saturated heterocycles. The van der Waals surface area contributed by atoms with Gasteiger partial charge >= 0.3 is 0 Å². The summed E-state index contributed by atoms with van der Waals surface area (Å²) in [6.45, 7) is 6.71. The molecule has 0 atom stereocenters. The minimum atomic E-state index is -0.0885. The Hall–Kier alpha value is -3.49.